The van der Waals surface area contributed by atoms with Crippen LogP contribution >= 0.6 is 0 Å². The molecule has 2 amide bonds. The van der Waals surface area contributed by atoms with E-state index in [9.17, 15) is 14.4 Å². The average molecular weight is 240 g/mol. The van der Waals surface area contributed by atoms with Crippen LogP contribution in [0.3, 0.4) is 0 Å². The van der Waals surface area contributed by atoms with Crippen LogP contribution in [-0.4, -0.2) is 33.1 Å². The highest BCUT2D eigenvalue weighted by Crippen LogP contribution is 1.96. The topological polar surface area (TPSA) is 124 Å². The van der Waals surface area contributed by atoms with E-state index in [-0.39, 0.29) is 18.5 Å². The van der Waals surface area contributed by atoms with Gasteiger partial charge in [-0.1, -0.05) is 0 Å². The molecule has 0 saturated carbocycles. The molecule has 1 heterocycles. The first-order valence-electron chi connectivity index (χ1n) is 4.82. The third kappa shape index (κ3) is 4.33. The Balaban J connectivity index is 2.33. The number of nitrogens with one attached hydrogen (secondary N) is 3. The van der Waals surface area contributed by atoms with E-state index in [1.165, 1.54) is 6.07 Å². The van der Waals surface area contributed by atoms with Gasteiger partial charge in [-0.3, -0.25) is 30.3 Å². The summed E-state index contributed by atoms with van der Waals surface area (Å²) < 4.78 is 0. The molecule has 8 nitrogen and oxygen atoms in total. The molecule has 1 aromatic heterocycles. The highest BCUT2D eigenvalue weighted by Gasteiger charge is 2.10. The number of rotatable bonds is 4. The first-order valence-corrected chi connectivity index (χ1v) is 4.82. The van der Waals surface area contributed by atoms with E-state index in [1.807, 2.05) is 0 Å². The Morgan fingerprint density at radius 2 is 2.06 bits per heavy atom. The minimum Gasteiger partial charge on any atom is -0.481 e. The third-order valence-corrected chi connectivity index (χ3v) is 1.82. The van der Waals surface area contributed by atoms with E-state index < -0.39 is 17.8 Å². The number of aromatic amines is 1. The number of aliphatic carboxylic acids is 1. The molecule has 4 N–H and O–H groups in total. The number of carboxylic acid groups (broad SMARTS) is 1. The van der Waals surface area contributed by atoms with Crippen LogP contribution in [0.4, 0.5) is 0 Å². The Hall–Kier alpha value is -2.38. The Labute approximate surface area is 96.4 Å². The van der Waals surface area contributed by atoms with E-state index in [1.54, 1.807) is 6.92 Å². The van der Waals surface area contributed by atoms with Gasteiger partial charge in [0.25, 0.3) is 5.91 Å². The van der Waals surface area contributed by atoms with E-state index in [0.29, 0.717) is 5.69 Å². The predicted octanol–water partition coefficient (Wildman–Crippen LogP) is -0.656. The van der Waals surface area contributed by atoms with E-state index in [4.69, 9.17) is 5.11 Å². The second-order valence-corrected chi connectivity index (χ2v) is 3.33. The Morgan fingerprint density at radius 1 is 1.35 bits per heavy atom. The van der Waals surface area contributed by atoms with Gasteiger partial charge >= 0.3 is 5.97 Å². The zero-order chi connectivity index (χ0) is 12.8. The molecule has 92 valence electrons. The molecule has 8 heteroatoms. The Bertz CT molecular complexity index is 440. The molecule has 0 aliphatic heterocycles. The van der Waals surface area contributed by atoms with Crippen molar-refractivity contribution in [2.75, 3.05) is 0 Å². The summed E-state index contributed by atoms with van der Waals surface area (Å²) in [5.74, 6) is -2.22. The summed E-state index contributed by atoms with van der Waals surface area (Å²) in [5.41, 5.74) is 5.07. The van der Waals surface area contributed by atoms with Gasteiger partial charge in [0.15, 0.2) is 5.69 Å². The molecular formula is C9H12N4O4. The summed E-state index contributed by atoms with van der Waals surface area (Å²) in [5, 5.41) is 14.6. The highest BCUT2D eigenvalue weighted by molar-refractivity contribution is 5.93. The minimum absolute atomic E-state index is 0.140. The van der Waals surface area contributed by atoms with Gasteiger partial charge in [0.2, 0.25) is 5.91 Å². The smallest absolute Gasteiger partial charge is 0.303 e. The molecular weight excluding hydrogens is 228 g/mol. The van der Waals surface area contributed by atoms with Crippen LogP contribution in [0.25, 0.3) is 0 Å². The third-order valence-electron chi connectivity index (χ3n) is 1.82. The van der Waals surface area contributed by atoms with Gasteiger partial charge in [0, 0.05) is 12.1 Å². The summed E-state index contributed by atoms with van der Waals surface area (Å²) in [6.07, 6.45) is -0.488. The fourth-order valence-electron chi connectivity index (χ4n) is 1.01. The Morgan fingerprint density at radius 3 is 2.59 bits per heavy atom. The molecule has 0 atom stereocenters. The first-order chi connectivity index (χ1) is 7.99. The van der Waals surface area contributed by atoms with Crippen molar-refractivity contribution in [1.29, 1.82) is 0 Å². The maximum Gasteiger partial charge on any atom is 0.303 e. The lowest BCUT2D eigenvalue weighted by atomic mass is 10.3. The van der Waals surface area contributed by atoms with Crippen molar-refractivity contribution in [2.24, 2.45) is 0 Å². The van der Waals surface area contributed by atoms with Crippen molar-refractivity contribution in [3.8, 4) is 0 Å². The number of amides is 2. The molecule has 0 unspecified atom stereocenters. The summed E-state index contributed by atoms with van der Waals surface area (Å²) in [6, 6.07) is 1.51. The lowest BCUT2D eigenvalue weighted by molar-refractivity contribution is -0.138. The number of aryl methyl sites for hydroxylation is 1. The number of nitrogens with zero attached hydrogens (tertiary/aromatic N) is 1. The average Bonchev–Trinajstić information content (AvgIpc) is 2.70. The summed E-state index contributed by atoms with van der Waals surface area (Å²) >= 11 is 0. The molecule has 1 rings (SSSR count). The molecule has 0 aromatic carbocycles. The van der Waals surface area contributed by atoms with Crippen LogP contribution in [-0.2, 0) is 9.59 Å². The molecule has 17 heavy (non-hydrogen) atoms. The maximum atomic E-state index is 11.4. The zero-order valence-corrected chi connectivity index (χ0v) is 9.11. The summed E-state index contributed by atoms with van der Waals surface area (Å²) in [6.45, 7) is 1.73. The van der Waals surface area contributed by atoms with Gasteiger partial charge in [0.1, 0.15) is 0 Å². The monoisotopic (exact) mass is 240 g/mol. The number of carbonyl (C=O) groups is 3. The van der Waals surface area contributed by atoms with Crippen LogP contribution in [0.15, 0.2) is 6.07 Å². The van der Waals surface area contributed by atoms with Crippen molar-refractivity contribution in [1.82, 2.24) is 21.0 Å². The van der Waals surface area contributed by atoms with Gasteiger partial charge in [-0.05, 0) is 13.0 Å². The van der Waals surface area contributed by atoms with Gasteiger partial charge in [-0.25, -0.2) is 0 Å². The van der Waals surface area contributed by atoms with Crippen LogP contribution in [0, 0.1) is 6.92 Å². The van der Waals surface area contributed by atoms with E-state index >= 15 is 0 Å². The maximum absolute atomic E-state index is 11.4. The lowest BCUT2D eigenvalue weighted by Gasteiger charge is -2.04. The normalized spacial score (nSPS) is 9.71. The molecule has 0 bridgehead atoms. The van der Waals surface area contributed by atoms with Gasteiger partial charge < -0.3 is 5.11 Å². The predicted molar refractivity (Wildman–Crippen MR) is 55.8 cm³/mol. The van der Waals surface area contributed by atoms with Crippen LogP contribution < -0.4 is 10.9 Å². The summed E-state index contributed by atoms with van der Waals surface area (Å²) in [4.78, 5) is 32.6. The van der Waals surface area contributed by atoms with Crippen molar-refractivity contribution in [3.63, 3.8) is 0 Å². The zero-order valence-electron chi connectivity index (χ0n) is 9.11. The second kappa shape index (κ2) is 5.64. The number of hydrogen-bond acceptors (Lipinski definition) is 4. The van der Waals surface area contributed by atoms with Crippen molar-refractivity contribution in [3.05, 3.63) is 17.5 Å². The van der Waals surface area contributed by atoms with Gasteiger partial charge in [0.05, 0.1) is 6.42 Å². The minimum atomic E-state index is -1.07. The SMILES string of the molecule is Cc1cc(C(=O)NNC(=O)CCC(=O)O)n[nH]1. The second-order valence-electron chi connectivity index (χ2n) is 3.33. The van der Waals surface area contributed by atoms with E-state index in [2.05, 4.69) is 21.0 Å². The quantitative estimate of drug-likeness (QED) is 0.520. The van der Waals surface area contributed by atoms with Gasteiger partial charge in [-0.2, -0.15) is 5.10 Å². The van der Waals surface area contributed by atoms with Crippen LogP contribution in [0.1, 0.15) is 29.0 Å². The molecule has 0 aliphatic rings. The van der Waals surface area contributed by atoms with Crippen LogP contribution in [0.2, 0.25) is 0 Å². The molecule has 0 spiro atoms. The lowest BCUT2D eigenvalue weighted by Crippen LogP contribution is -2.41. The number of hydrogen-bond donors (Lipinski definition) is 4. The highest BCUT2D eigenvalue weighted by atomic mass is 16.4. The molecule has 0 saturated heterocycles. The molecule has 0 radical (unpaired) electrons. The number of hydrazine groups is 1. The first kappa shape index (κ1) is 12.7. The standard InChI is InChI=1S/C9H12N4O4/c1-5-4-6(11-10-5)9(17)13-12-7(14)2-3-8(15)16/h4H,2-3H2,1H3,(H,10,11)(H,12,14)(H,13,17)(H,15,16). The van der Waals surface area contributed by atoms with E-state index in [0.717, 1.165) is 0 Å². The van der Waals surface area contributed by atoms with Gasteiger partial charge in [-0.15, -0.1) is 0 Å². The number of carbonyl (C=O) groups excluding carboxylic acids is 2. The molecule has 1 aromatic rings. The van der Waals surface area contributed by atoms with Crippen molar-refractivity contribution < 1.29 is 19.5 Å². The summed E-state index contributed by atoms with van der Waals surface area (Å²) in [7, 11) is 0. The molecule has 0 aliphatic carbocycles. The molecule has 0 fully saturated rings. The fraction of sp³-hybridized carbons (Fsp3) is 0.333. The number of carboxylic acids is 1. The van der Waals surface area contributed by atoms with Crippen molar-refractivity contribution in [2.45, 2.75) is 19.8 Å². The largest absolute Gasteiger partial charge is 0.481 e. The number of aromatic nitrogens is 2. The van der Waals surface area contributed by atoms with Crippen LogP contribution in [0.5, 0.6) is 0 Å². The van der Waals surface area contributed by atoms with Crippen molar-refractivity contribution >= 4 is 17.8 Å². The number of H-pyrrole nitrogens is 1. The fourth-order valence-corrected chi connectivity index (χ4v) is 1.01. The Kier molecular flexibility index (Phi) is 4.21.